The molecule has 14 heavy (non-hydrogen) atoms. The van der Waals surface area contributed by atoms with E-state index < -0.39 is 5.41 Å². The zero-order valence-corrected chi connectivity index (χ0v) is 8.74. The second kappa shape index (κ2) is 3.79. The summed E-state index contributed by atoms with van der Waals surface area (Å²) >= 11 is 0. The number of amides is 1. The van der Waals surface area contributed by atoms with E-state index in [1.807, 2.05) is 0 Å². The van der Waals surface area contributed by atoms with Crippen LogP contribution < -0.4 is 11.1 Å². The van der Waals surface area contributed by atoms with Crippen LogP contribution in [-0.4, -0.2) is 22.2 Å². The van der Waals surface area contributed by atoms with E-state index in [0.29, 0.717) is 12.4 Å². The van der Waals surface area contributed by atoms with Crippen LogP contribution in [0.15, 0.2) is 12.3 Å². The molecule has 1 amide bonds. The van der Waals surface area contributed by atoms with Crippen molar-refractivity contribution in [3.05, 3.63) is 12.3 Å². The molecular weight excluding hydrogens is 180 g/mol. The number of carbonyl (C=O) groups excluding carboxylic acids is 1. The fraction of sp³-hybridized carbons (Fsp3) is 0.556. The number of carbonyl (C=O) groups is 1. The lowest BCUT2D eigenvalue weighted by Gasteiger charge is -2.20. The van der Waals surface area contributed by atoms with Crippen molar-refractivity contribution in [1.82, 2.24) is 9.78 Å². The van der Waals surface area contributed by atoms with Crippen molar-refractivity contribution in [3.63, 3.8) is 0 Å². The average molecular weight is 196 g/mol. The van der Waals surface area contributed by atoms with Crippen LogP contribution in [0.5, 0.6) is 0 Å². The lowest BCUT2D eigenvalue weighted by molar-refractivity contribution is -0.123. The summed E-state index contributed by atoms with van der Waals surface area (Å²) in [4.78, 5) is 11.7. The maximum absolute atomic E-state index is 11.7. The van der Waals surface area contributed by atoms with E-state index in [0.717, 1.165) is 0 Å². The second-order valence-corrected chi connectivity index (χ2v) is 3.88. The molecule has 0 aliphatic heterocycles. The van der Waals surface area contributed by atoms with Crippen LogP contribution in [0.1, 0.15) is 13.8 Å². The molecule has 1 aromatic heterocycles. The quantitative estimate of drug-likeness (QED) is 0.732. The Morgan fingerprint density at radius 2 is 2.36 bits per heavy atom. The van der Waals surface area contributed by atoms with Crippen molar-refractivity contribution in [2.24, 2.45) is 18.2 Å². The highest BCUT2D eigenvalue weighted by molar-refractivity contribution is 5.94. The number of nitrogens with one attached hydrogen (secondary N) is 1. The summed E-state index contributed by atoms with van der Waals surface area (Å²) in [5.41, 5.74) is 4.94. The third-order valence-electron chi connectivity index (χ3n) is 2.19. The van der Waals surface area contributed by atoms with Gasteiger partial charge in [0.2, 0.25) is 5.91 Å². The van der Waals surface area contributed by atoms with E-state index in [1.165, 1.54) is 0 Å². The van der Waals surface area contributed by atoms with Gasteiger partial charge < -0.3 is 11.1 Å². The Bertz CT molecular complexity index is 329. The molecular formula is C9H16N4O. The minimum Gasteiger partial charge on any atom is -0.329 e. The number of hydrogen-bond acceptors (Lipinski definition) is 3. The van der Waals surface area contributed by atoms with Crippen molar-refractivity contribution in [2.45, 2.75) is 13.8 Å². The maximum atomic E-state index is 11.7. The molecule has 0 radical (unpaired) electrons. The molecule has 3 N–H and O–H groups in total. The number of aryl methyl sites for hydroxylation is 1. The maximum Gasteiger partial charge on any atom is 0.232 e. The molecule has 1 rings (SSSR count). The van der Waals surface area contributed by atoms with E-state index in [4.69, 9.17) is 5.73 Å². The SMILES string of the molecule is Cn1nccc1NC(=O)C(C)(C)CN. The average Bonchev–Trinajstić information content (AvgIpc) is 2.52. The van der Waals surface area contributed by atoms with Gasteiger partial charge in [-0.2, -0.15) is 5.10 Å². The van der Waals surface area contributed by atoms with Gasteiger partial charge in [0.05, 0.1) is 11.6 Å². The highest BCUT2D eigenvalue weighted by atomic mass is 16.2. The third-order valence-corrected chi connectivity index (χ3v) is 2.19. The number of nitrogens with two attached hydrogens (primary N) is 1. The van der Waals surface area contributed by atoms with Gasteiger partial charge in [0.15, 0.2) is 0 Å². The highest BCUT2D eigenvalue weighted by Gasteiger charge is 2.26. The molecule has 1 heterocycles. The smallest absolute Gasteiger partial charge is 0.232 e. The van der Waals surface area contributed by atoms with Gasteiger partial charge in [-0.1, -0.05) is 0 Å². The van der Waals surface area contributed by atoms with Gasteiger partial charge in [0.25, 0.3) is 0 Å². The first-order chi connectivity index (χ1) is 6.47. The molecule has 5 nitrogen and oxygen atoms in total. The molecule has 0 aliphatic carbocycles. The van der Waals surface area contributed by atoms with E-state index in [-0.39, 0.29) is 5.91 Å². The zero-order valence-electron chi connectivity index (χ0n) is 8.74. The second-order valence-electron chi connectivity index (χ2n) is 3.88. The molecule has 0 bridgehead atoms. The molecule has 0 aliphatic rings. The van der Waals surface area contributed by atoms with E-state index >= 15 is 0 Å². The lowest BCUT2D eigenvalue weighted by atomic mass is 9.93. The molecule has 0 saturated carbocycles. The van der Waals surface area contributed by atoms with Crippen LogP contribution in [0.3, 0.4) is 0 Å². The van der Waals surface area contributed by atoms with Gasteiger partial charge >= 0.3 is 0 Å². The minimum absolute atomic E-state index is 0.0939. The topological polar surface area (TPSA) is 72.9 Å². The first-order valence-electron chi connectivity index (χ1n) is 4.47. The van der Waals surface area contributed by atoms with Crippen LogP contribution >= 0.6 is 0 Å². The number of nitrogens with zero attached hydrogens (tertiary/aromatic N) is 2. The van der Waals surface area contributed by atoms with Crippen molar-refractivity contribution in [3.8, 4) is 0 Å². The van der Waals surface area contributed by atoms with Gasteiger partial charge in [-0.05, 0) is 13.8 Å². The van der Waals surface area contributed by atoms with Crippen LogP contribution in [0.4, 0.5) is 5.82 Å². The van der Waals surface area contributed by atoms with Gasteiger partial charge in [0.1, 0.15) is 5.82 Å². The summed E-state index contributed by atoms with van der Waals surface area (Å²) in [6.07, 6.45) is 1.63. The summed E-state index contributed by atoms with van der Waals surface area (Å²) < 4.78 is 1.60. The standard InChI is InChI=1S/C9H16N4O/c1-9(2,6-10)8(14)12-7-4-5-11-13(7)3/h4-5H,6,10H2,1-3H3,(H,12,14). The Labute approximate surface area is 83.3 Å². The Hall–Kier alpha value is -1.36. The zero-order chi connectivity index (χ0) is 10.8. The molecule has 78 valence electrons. The molecule has 1 aromatic rings. The molecule has 0 unspecified atom stereocenters. The number of anilines is 1. The van der Waals surface area contributed by atoms with E-state index in [9.17, 15) is 4.79 Å². The summed E-state index contributed by atoms with van der Waals surface area (Å²) in [5.74, 6) is 0.583. The van der Waals surface area contributed by atoms with Crippen LogP contribution in [0.2, 0.25) is 0 Å². The Morgan fingerprint density at radius 3 is 2.79 bits per heavy atom. The van der Waals surface area contributed by atoms with Crippen molar-refractivity contribution in [2.75, 3.05) is 11.9 Å². The van der Waals surface area contributed by atoms with Gasteiger partial charge in [-0.15, -0.1) is 0 Å². The van der Waals surface area contributed by atoms with Crippen LogP contribution in [0.25, 0.3) is 0 Å². The normalized spacial score (nSPS) is 11.4. The van der Waals surface area contributed by atoms with Gasteiger partial charge in [-0.25, -0.2) is 0 Å². The summed E-state index contributed by atoms with van der Waals surface area (Å²) in [6.45, 7) is 3.92. The van der Waals surface area contributed by atoms with Crippen molar-refractivity contribution >= 4 is 11.7 Å². The molecule has 0 spiro atoms. The molecule has 0 saturated heterocycles. The van der Waals surface area contributed by atoms with Crippen molar-refractivity contribution < 1.29 is 4.79 Å². The summed E-state index contributed by atoms with van der Waals surface area (Å²) in [6, 6.07) is 1.74. The monoisotopic (exact) mass is 196 g/mol. The fourth-order valence-electron chi connectivity index (χ4n) is 0.875. The van der Waals surface area contributed by atoms with E-state index in [1.54, 1.807) is 37.8 Å². The van der Waals surface area contributed by atoms with Crippen LogP contribution in [0, 0.1) is 5.41 Å². The Balaban J connectivity index is 2.71. The third kappa shape index (κ3) is 2.11. The van der Waals surface area contributed by atoms with Gasteiger partial charge in [0, 0.05) is 19.7 Å². The fourth-order valence-corrected chi connectivity index (χ4v) is 0.875. The number of hydrogen-bond donors (Lipinski definition) is 2. The Kier molecular flexibility index (Phi) is 2.90. The first kappa shape index (κ1) is 10.7. The summed E-state index contributed by atoms with van der Waals surface area (Å²) in [5, 5.41) is 6.71. The lowest BCUT2D eigenvalue weighted by Crippen LogP contribution is -2.37. The highest BCUT2D eigenvalue weighted by Crippen LogP contribution is 2.16. The van der Waals surface area contributed by atoms with Gasteiger partial charge in [-0.3, -0.25) is 9.48 Å². The van der Waals surface area contributed by atoms with E-state index in [2.05, 4.69) is 10.4 Å². The van der Waals surface area contributed by atoms with Crippen LogP contribution in [-0.2, 0) is 11.8 Å². The molecule has 5 heteroatoms. The predicted molar refractivity (Wildman–Crippen MR) is 54.7 cm³/mol. The number of rotatable bonds is 3. The molecule has 0 atom stereocenters. The minimum atomic E-state index is -0.551. The first-order valence-corrected chi connectivity index (χ1v) is 4.47. The summed E-state index contributed by atoms with van der Waals surface area (Å²) in [7, 11) is 1.77. The molecule has 0 fully saturated rings. The van der Waals surface area contributed by atoms with Crippen molar-refractivity contribution in [1.29, 1.82) is 0 Å². The molecule has 0 aromatic carbocycles. The predicted octanol–water partition coefficient (Wildman–Crippen LogP) is 0.344. The largest absolute Gasteiger partial charge is 0.329 e. The Morgan fingerprint density at radius 1 is 1.71 bits per heavy atom. The number of aromatic nitrogens is 2.